The lowest BCUT2D eigenvalue weighted by Gasteiger charge is -2.59. The Morgan fingerprint density at radius 1 is 1.02 bits per heavy atom. The van der Waals surface area contributed by atoms with Crippen molar-refractivity contribution in [2.75, 3.05) is 26.2 Å². The number of hydrogen-bond donors (Lipinski definition) is 4. The SMILES string of the molecule is CCCN(CC(C)CC(CC)c1ccc(C2CCN(C3CC4(CC(C=O)C4)C3)CC2)cc1)C(/C=C(\N)c1ccccc1O)=C(N)N. The zero-order valence-electron chi connectivity index (χ0n) is 28.3. The summed E-state index contributed by atoms with van der Waals surface area (Å²) >= 11 is 0. The Labute approximate surface area is 276 Å². The lowest BCUT2D eigenvalue weighted by molar-refractivity contribution is -0.130. The molecule has 0 bridgehead atoms. The van der Waals surface area contributed by atoms with Crippen LogP contribution in [0.15, 0.2) is 66.1 Å². The minimum Gasteiger partial charge on any atom is -0.507 e. The molecule has 1 spiro atoms. The molecule has 7 N–H and O–H groups in total. The van der Waals surface area contributed by atoms with Gasteiger partial charge in [-0.25, -0.2) is 0 Å². The number of allylic oxidation sites excluding steroid dienone is 1. The Hall–Kier alpha value is -3.45. The maximum absolute atomic E-state index is 11.0. The van der Waals surface area contributed by atoms with Crippen molar-refractivity contribution in [1.29, 1.82) is 0 Å². The first kappa shape index (κ1) is 33.9. The van der Waals surface area contributed by atoms with Crippen LogP contribution in [-0.2, 0) is 4.79 Å². The van der Waals surface area contributed by atoms with E-state index in [4.69, 9.17) is 17.2 Å². The van der Waals surface area contributed by atoms with Crippen molar-refractivity contribution in [2.45, 2.75) is 96.4 Å². The molecule has 0 aromatic heterocycles. The molecular weight excluding hydrogens is 570 g/mol. The number of benzene rings is 2. The molecule has 2 aliphatic carbocycles. The van der Waals surface area contributed by atoms with Gasteiger partial charge in [0.15, 0.2) is 0 Å². The van der Waals surface area contributed by atoms with E-state index in [2.05, 4.69) is 54.8 Å². The highest BCUT2D eigenvalue weighted by atomic mass is 16.3. The fourth-order valence-electron chi connectivity index (χ4n) is 8.67. The van der Waals surface area contributed by atoms with Gasteiger partial charge in [0.05, 0.1) is 5.70 Å². The average Bonchev–Trinajstić information content (AvgIpc) is 3.01. The van der Waals surface area contributed by atoms with Crippen molar-refractivity contribution in [2.24, 2.45) is 34.5 Å². The highest BCUT2D eigenvalue weighted by molar-refractivity contribution is 5.69. The van der Waals surface area contributed by atoms with E-state index in [9.17, 15) is 9.90 Å². The molecule has 7 nitrogen and oxygen atoms in total. The predicted molar refractivity (Wildman–Crippen MR) is 189 cm³/mol. The van der Waals surface area contributed by atoms with E-state index >= 15 is 0 Å². The number of nitrogens with zero attached hydrogens (tertiary/aromatic N) is 2. The number of aromatic hydroxyl groups is 1. The predicted octanol–water partition coefficient (Wildman–Crippen LogP) is 6.65. The molecule has 1 aliphatic heterocycles. The molecule has 2 atom stereocenters. The van der Waals surface area contributed by atoms with Gasteiger partial charge in [0, 0.05) is 36.3 Å². The quantitative estimate of drug-likeness (QED) is 0.137. The molecule has 5 rings (SSSR count). The normalized spacial score (nSPS) is 24.9. The summed E-state index contributed by atoms with van der Waals surface area (Å²) in [5.74, 6) is 2.24. The van der Waals surface area contributed by atoms with Crippen molar-refractivity contribution in [3.63, 3.8) is 0 Å². The fourth-order valence-corrected chi connectivity index (χ4v) is 8.67. The van der Waals surface area contributed by atoms with Crippen molar-refractivity contribution < 1.29 is 9.90 Å². The highest BCUT2D eigenvalue weighted by Crippen LogP contribution is 2.59. The summed E-state index contributed by atoms with van der Waals surface area (Å²) in [6.45, 7) is 10.8. The Morgan fingerprint density at radius 2 is 1.70 bits per heavy atom. The summed E-state index contributed by atoms with van der Waals surface area (Å²) in [6, 6.07) is 17.3. The average molecular weight is 628 g/mol. The minimum atomic E-state index is 0.134. The number of rotatable bonds is 14. The lowest BCUT2D eigenvalue weighted by Crippen LogP contribution is -2.57. The Kier molecular flexibility index (Phi) is 11.0. The summed E-state index contributed by atoms with van der Waals surface area (Å²) in [5.41, 5.74) is 24.0. The van der Waals surface area contributed by atoms with E-state index in [1.54, 1.807) is 24.3 Å². The standard InChI is InChI=1S/C39H57N5O2/c1-4-16-44(36(38(41)42)20-35(40)34-8-6-7-9-37(34)46)25-27(3)19-29(5-2)30-10-12-31(13-11-30)32-14-17-43(18-15-32)33-23-39(24-33)21-28(22-39)26-45/h6-13,20,26-29,32-33,46H,4-5,14-19,21-25,40-42H2,1-3H3/b35-20-. The molecule has 3 aliphatic rings. The molecule has 2 saturated carbocycles. The Balaban J connectivity index is 1.15. The van der Waals surface area contributed by atoms with Gasteiger partial charge in [0.2, 0.25) is 0 Å². The first-order valence-electron chi connectivity index (χ1n) is 17.7. The third-order valence-corrected chi connectivity index (χ3v) is 11.2. The van der Waals surface area contributed by atoms with E-state index in [1.807, 2.05) is 6.07 Å². The summed E-state index contributed by atoms with van der Waals surface area (Å²) in [6.07, 6.45) is 13.5. The van der Waals surface area contributed by atoms with Crippen LogP contribution in [0.4, 0.5) is 0 Å². The van der Waals surface area contributed by atoms with E-state index in [0.717, 1.165) is 51.2 Å². The summed E-state index contributed by atoms with van der Waals surface area (Å²) in [7, 11) is 0. The molecule has 2 aromatic carbocycles. The number of para-hydroxylation sites is 1. The molecule has 0 amide bonds. The number of hydrogen-bond acceptors (Lipinski definition) is 7. The van der Waals surface area contributed by atoms with Crippen LogP contribution < -0.4 is 17.2 Å². The van der Waals surface area contributed by atoms with Crippen molar-refractivity contribution in [3.8, 4) is 5.75 Å². The van der Waals surface area contributed by atoms with E-state index in [1.165, 1.54) is 56.2 Å². The van der Waals surface area contributed by atoms with Crippen LogP contribution in [0.25, 0.3) is 5.70 Å². The molecule has 3 fully saturated rings. The zero-order valence-corrected chi connectivity index (χ0v) is 28.3. The van der Waals surface area contributed by atoms with E-state index < -0.39 is 0 Å². The molecule has 2 unspecified atom stereocenters. The topological polar surface area (TPSA) is 122 Å². The number of phenolic OH excluding ortho intramolecular Hbond substituents is 1. The molecule has 7 heteroatoms. The number of phenols is 1. The van der Waals surface area contributed by atoms with E-state index in [-0.39, 0.29) is 11.6 Å². The van der Waals surface area contributed by atoms with Gasteiger partial charge >= 0.3 is 0 Å². The largest absolute Gasteiger partial charge is 0.507 e. The molecule has 46 heavy (non-hydrogen) atoms. The van der Waals surface area contributed by atoms with Gasteiger partial charge in [-0.1, -0.05) is 57.2 Å². The molecule has 1 heterocycles. The summed E-state index contributed by atoms with van der Waals surface area (Å²) in [4.78, 5) is 16.0. The van der Waals surface area contributed by atoms with Crippen LogP contribution in [-0.4, -0.2) is 53.4 Å². The maximum atomic E-state index is 11.0. The van der Waals surface area contributed by atoms with Crippen LogP contribution in [0.1, 0.15) is 107 Å². The maximum Gasteiger partial charge on any atom is 0.124 e. The molecular formula is C39H57N5O2. The van der Waals surface area contributed by atoms with Gasteiger partial charge < -0.3 is 36.9 Å². The molecule has 250 valence electrons. The lowest BCUT2D eigenvalue weighted by atomic mass is 9.50. The smallest absolute Gasteiger partial charge is 0.124 e. The summed E-state index contributed by atoms with van der Waals surface area (Å²) in [5, 5.41) is 10.3. The number of carbonyl (C=O) groups excluding carboxylic acids is 1. The Bertz CT molecular complexity index is 1360. The molecule has 2 aromatic rings. The van der Waals surface area contributed by atoms with Gasteiger partial charge in [-0.2, -0.15) is 0 Å². The second-order valence-electron chi connectivity index (χ2n) is 14.7. The third kappa shape index (κ3) is 7.74. The number of nitrogens with two attached hydrogens (primary N) is 3. The number of likely N-dealkylation sites (tertiary alicyclic amines) is 1. The second-order valence-corrected chi connectivity index (χ2v) is 14.7. The van der Waals surface area contributed by atoms with Crippen LogP contribution >= 0.6 is 0 Å². The van der Waals surface area contributed by atoms with Crippen molar-refractivity contribution in [3.05, 3.63) is 82.8 Å². The Morgan fingerprint density at radius 3 is 2.28 bits per heavy atom. The van der Waals surface area contributed by atoms with Crippen molar-refractivity contribution >= 4 is 12.0 Å². The first-order valence-corrected chi connectivity index (χ1v) is 17.7. The number of aldehydes is 1. The van der Waals surface area contributed by atoms with E-state index in [0.29, 0.717) is 46.0 Å². The van der Waals surface area contributed by atoms with Crippen LogP contribution in [0.5, 0.6) is 5.75 Å². The van der Waals surface area contributed by atoms with Crippen molar-refractivity contribution in [1.82, 2.24) is 9.80 Å². The second kappa shape index (κ2) is 15.0. The van der Waals surface area contributed by atoms with Crippen LogP contribution in [0, 0.1) is 17.3 Å². The van der Waals surface area contributed by atoms with Gasteiger partial charge in [-0.3, -0.25) is 0 Å². The summed E-state index contributed by atoms with van der Waals surface area (Å²) < 4.78 is 0. The van der Waals surface area contributed by atoms with Gasteiger partial charge in [-0.05, 0) is 123 Å². The fraction of sp³-hybridized carbons (Fsp3) is 0.564. The number of piperidine rings is 1. The van der Waals surface area contributed by atoms with Crippen LogP contribution in [0.3, 0.4) is 0 Å². The number of carbonyl (C=O) groups is 1. The van der Waals surface area contributed by atoms with Gasteiger partial charge in [0.25, 0.3) is 0 Å². The monoisotopic (exact) mass is 627 g/mol. The third-order valence-electron chi connectivity index (χ3n) is 11.2. The van der Waals surface area contributed by atoms with Crippen LogP contribution in [0.2, 0.25) is 0 Å². The minimum absolute atomic E-state index is 0.134. The first-order chi connectivity index (χ1) is 22.1. The highest BCUT2D eigenvalue weighted by Gasteiger charge is 2.54. The zero-order chi connectivity index (χ0) is 32.8. The molecule has 0 radical (unpaired) electrons. The van der Waals surface area contributed by atoms with Gasteiger partial charge in [0.1, 0.15) is 17.9 Å². The molecule has 1 saturated heterocycles. The van der Waals surface area contributed by atoms with Gasteiger partial charge in [-0.15, -0.1) is 0 Å².